The molecule has 29 heavy (non-hydrogen) atoms. The lowest BCUT2D eigenvalue weighted by Gasteiger charge is -2.35. The van der Waals surface area contributed by atoms with Crippen LogP contribution in [0.15, 0.2) is 64.8 Å². The molecule has 1 amide bonds. The van der Waals surface area contributed by atoms with E-state index in [1.807, 2.05) is 42.3 Å². The number of nitrogens with one attached hydrogen (secondary N) is 1. The van der Waals surface area contributed by atoms with Crippen LogP contribution in [0.5, 0.6) is 0 Å². The second-order valence-electron chi connectivity index (χ2n) is 7.03. The number of azo groups is 1. The van der Waals surface area contributed by atoms with Crippen molar-refractivity contribution < 1.29 is 14.7 Å². The van der Waals surface area contributed by atoms with Crippen LogP contribution in [0.4, 0.5) is 17.1 Å². The average molecular weight is 395 g/mol. The van der Waals surface area contributed by atoms with Gasteiger partial charge in [0.25, 0.3) is 0 Å². The molecule has 0 saturated carbocycles. The van der Waals surface area contributed by atoms with Gasteiger partial charge < -0.3 is 15.3 Å². The number of benzene rings is 2. The molecule has 0 bridgehead atoms. The first-order valence-electron chi connectivity index (χ1n) is 9.53. The van der Waals surface area contributed by atoms with Gasteiger partial charge in [0.15, 0.2) is 0 Å². The number of nitrogens with zero attached hydrogens (tertiary/aromatic N) is 4. The van der Waals surface area contributed by atoms with E-state index >= 15 is 0 Å². The van der Waals surface area contributed by atoms with E-state index in [1.54, 1.807) is 24.3 Å². The lowest BCUT2D eigenvalue weighted by molar-refractivity contribution is -0.145. The molecule has 2 aromatic carbocycles. The molecule has 0 aromatic heterocycles. The van der Waals surface area contributed by atoms with Crippen LogP contribution in [0, 0.1) is 0 Å². The number of rotatable bonds is 7. The Morgan fingerprint density at radius 1 is 0.966 bits per heavy atom. The van der Waals surface area contributed by atoms with Crippen molar-refractivity contribution in [3.63, 3.8) is 0 Å². The summed E-state index contributed by atoms with van der Waals surface area (Å²) in [6.07, 6.45) is -0.0888. The van der Waals surface area contributed by atoms with E-state index in [1.165, 1.54) is 0 Å². The predicted octanol–water partition coefficient (Wildman–Crippen LogP) is 3.13. The smallest absolute Gasteiger partial charge is 0.321 e. The molecule has 1 fully saturated rings. The third-order valence-corrected chi connectivity index (χ3v) is 4.83. The van der Waals surface area contributed by atoms with E-state index in [0.717, 1.165) is 18.8 Å². The van der Waals surface area contributed by atoms with Gasteiger partial charge in [0.1, 0.15) is 6.04 Å². The summed E-state index contributed by atoms with van der Waals surface area (Å²) in [5.41, 5.74) is 2.01. The molecular weight excluding hydrogens is 370 g/mol. The zero-order valence-corrected chi connectivity index (χ0v) is 16.4. The molecule has 1 aliphatic heterocycles. The minimum absolute atomic E-state index is 0.0888. The standard InChI is InChI=1S/C21H25N5O3/c1-25-11-13-26(14-12-25)19(21(28)29)15-20(27)22-16-7-9-18(10-8-16)24-23-17-5-3-2-4-6-17/h2-10,19H,11-15H2,1H3,(H,22,27)(H,28,29)/t19-/m1/s1. The van der Waals surface area contributed by atoms with Crippen molar-refractivity contribution >= 4 is 28.9 Å². The zero-order valence-electron chi connectivity index (χ0n) is 16.4. The maximum Gasteiger partial charge on any atom is 0.321 e. The van der Waals surface area contributed by atoms with Crippen molar-refractivity contribution in [2.75, 3.05) is 38.5 Å². The molecule has 0 aliphatic carbocycles. The Morgan fingerprint density at radius 2 is 1.55 bits per heavy atom. The first-order valence-corrected chi connectivity index (χ1v) is 9.53. The zero-order chi connectivity index (χ0) is 20.6. The first kappa shape index (κ1) is 20.6. The second kappa shape index (κ2) is 9.90. The van der Waals surface area contributed by atoms with Crippen molar-refractivity contribution in [1.29, 1.82) is 0 Å². The number of carbonyl (C=O) groups is 2. The Labute approximate surface area is 169 Å². The van der Waals surface area contributed by atoms with Crippen LogP contribution in [-0.2, 0) is 9.59 Å². The van der Waals surface area contributed by atoms with Gasteiger partial charge in [-0.3, -0.25) is 14.5 Å². The number of carboxylic acids is 1. The van der Waals surface area contributed by atoms with E-state index in [0.29, 0.717) is 24.5 Å². The van der Waals surface area contributed by atoms with Crippen LogP contribution < -0.4 is 5.32 Å². The highest BCUT2D eigenvalue weighted by Gasteiger charge is 2.30. The van der Waals surface area contributed by atoms with Crippen molar-refractivity contribution in [1.82, 2.24) is 9.80 Å². The number of carboxylic acid groups (broad SMARTS) is 1. The highest BCUT2D eigenvalue weighted by Crippen LogP contribution is 2.20. The Kier molecular flexibility index (Phi) is 7.04. The average Bonchev–Trinajstić information content (AvgIpc) is 2.73. The number of hydrogen-bond acceptors (Lipinski definition) is 6. The Hall–Kier alpha value is -3.10. The number of hydrogen-bond donors (Lipinski definition) is 2. The maximum absolute atomic E-state index is 12.4. The molecule has 2 N–H and O–H groups in total. The lowest BCUT2D eigenvalue weighted by atomic mass is 10.1. The van der Waals surface area contributed by atoms with Gasteiger partial charge in [0, 0.05) is 31.9 Å². The highest BCUT2D eigenvalue weighted by molar-refractivity contribution is 5.94. The summed E-state index contributed by atoms with van der Waals surface area (Å²) in [4.78, 5) is 28.0. The molecule has 1 aliphatic rings. The molecule has 1 atom stereocenters. The fraction of sp³-hybridized carbons (Fsp3) is 0.333. The molecule has 1 saturated heterocycles. The molecule has 0 spiro atoms. The van der Waals surface area contributed by atoms with Crippen LogP contribution in [0.1, 0.15) is 6.42 Å². The number of amides is 1. The molecule has 0 unspecified atom stereocenters. The van der Waals surface area contributed by atoms with Gasteiger partial charge in [0.05, 0.1) is 17.8 Å². The van der Waals surface area contributed by atoms with Crippen LogP contribution in [0.25, 0.3) is 0 Å². The molecule has 2 aromatic rings. The van der Waals surface area contributed by atoms with Crippen LogP contribution in [-0.4, -0.2) is 66.1 Å². The molecule has 8 nitrogen and oxygen atoms in total. The largest absolute Gasteiger partial charge is 0.480 e. The lowest BCUT2D eigenvalue weighted by Crippen LogP contribution is -2.52. The van der Waals surface area contributed by atoms with Crippen molar-refractivity contribution in [3.8, 4) is 0 Å². The Bertz CT molecular complexity index is 846. The normalized spacial score (nSPS) is 16.6. The monoisotopic (exact) mass is 395 g/mol. The fourth-order valence-corrected chi connectivity index (χ4v) is 3.12. The van der Waals surface area contributed by atoms with Crippen molar-refractivity contribution in [2.24, 2.45) is 10.2 Å². The summed E-state index contributed by atoms with van der Waals surface area (Å²) >= 11 is 0. The van der Waals surface area contributed by atoms with Gasteiger partial charge in [-0.05, 0) is 43.4 Å². The third kappa shape index (κ3) is 6.20. The minimum atomic E-state index is -0.971. The van der Waals surface area contributed by atoms with E-state index in [-0.39, 0.29) is 12.3 Å². The number of piperazine rings is 1. The summed E-state index contributed by atoms with van der Waals surface area (Å²) < 4.78 is 0. The van der Waals surface area contributed by atoms with Crippen molar-refractivity contribution in [2.45, 2.75) is 12.5 Å². The quantitative estimate of drug-likeness (QED) is 0.702. The van der Waals surface area contributed by atoms with Gasteiger partial charge in [-0.25, -0.2) is 0 Å². The summed E-state index contributed by atoms with van der Waals surface area (Å²) in [5, 5.41) is 20.6. The van der Waals surface area contributed by atoms with E-state index in [4.69, 9.17) is 0 Å². The first-order chi connectivity index (χ1) is 14.0. The number of aliphatic carboxylic acids is 1. The van der Waals surface area contributed by atoms with Gasteiger partial charge in [-0.1, -0.05) is 18.2 Å². The van der Waals surface area contributed by atoms with E-state index in [9.17, 15) is 14.7 Å². The van der Waals surface area contributed by atoms with E-state index < -0.39 is 12.0 Å². The molecule has 0 radical (unpaired) electrons. The highest BCUT2D eigenvalue weighted by atomic mass is 16.4. The Morgan fingerprint density at radius 3 is 2.14 bits per heavy atom. The molecule has 8 heteroatoms. The fourth-order valence-electron chi connectivity index (χ4n) is 3.12. The van der Waals surface area contributed by atoms with Gasteiger partial charge in [-0.15, -0.1) is 0 Å². The summed E-state index contributed by atoms with van der Waals surface area (Å²) in [6, 6.07) is 15.5. The van der Waals surface area contributed by atoms with Crippen LogP contribution in [0.2, 0.25) is 0 Å². The summed E-state index contributed by atoms with van der Waals surface area (Å²) in [6.45, 7) is 2.87. The van der Waals surface area contributed by atoms with Crippen LogP contribution >= 0.6 is 0 Å². The third-order valence-electron chi connectivity index (χ3n) is 4.83. The van der Waals surface area contributed by atoms with Gasteiger partial charge >= 0.3 is 5.97 Å². The maximum atomic E-state index is 12.4. The Balaban J connectivity index is 1.55. The molecular formula is C21H25N5O3. The molecule has 3 rings (SSSR count). The van der Waals surface area contributed by atoms with Crippen LogP contribution in [0.3, 0.4) is 0 Å². The SMILES string of the molecule is CN1CCN([C@H](CC(=O)Nc2ccc(N=Nc3ccccc3)cc2)C(=O)O)CC1. The molecule has 152 valence electrons. The molecule has 1 heterocycles. The number of likely N-dealkylation sites (N-methyl/N-ethyl adjacent to an activating group) is 1. The summed E-state index contributed by atoms with van der Waals surface area (Å²) in [7, 11) is 2.00. The topological polar surface area (TPSA) is 97.6 Å². The summed E-state index contributed by atoms with van der Waals surface area (Å²) in [5.74, 6) is -1.30. The predicted molar refractivity (Wildman–Crippen MR) is 111 cm³/mol. The van der Waals surface area contributed by atoms with E-state index in [2.05, 4.69) is 20.4 Å². The van der Waals surface area contributed by atoms with Gasteiger partial charge in [0.2, 0.25) is 5.91 Å². The second-order valence-corrected chi connectivity index (χ2v) is 7.03. The van der Waals surface area contributed by atoms with Gasteiger partial charge in [-0.2, -0.15) is 10.2 Å². The minimum Gasteiger partial charge on any atom is -0.480 e. The number of carbonyl (C=O) groups excluding carboxylic acids is 1. The van der Waals surface area contributed by atoms with Crippen molar-refractivity contribution in [3.05, 3.63) is 54.6 Å². The number of anilines is 1.